The quantitative estimate of drug-likeness (QED) is 0.184. The molecular weight excluding hydrogens is 665 g/mol. The summed E-state index contributed by atoms with van der Waals surface area (Å²) in [6, 6.07) is 11.7. The van der Waals surface area contributed by atoms with E-state index in [4.69, 9.17) is 32.7 Å². The van der Waals surface area contributed by atoms with Crippen LogP contribution in [0.5, 0.6) is 0 Å². The summed E-state index contributed by atoms with van der Waals surface area (Å²) in [6.45, 7) is 6.10. The molecule has 2 aromatic heterocycles. The first-order valence-electron chi connectivity index (χ1n) is 15.8. The molecule has 3 aliphatic rings. The number of nitrogens with one attached hydrogen (secondary N) is 2. The fourth-order valence-electron chi connectivity index (χ4n) is 6.95. The number of hydrogen-bond acceptors (Lipinski definition) is 9. The summed E-state index contributed by atoms with van der Waals surface area (Å²) >= 11 is 14.7. The number of piperidine rings is 1. The van der Waals surface area contributed by atoms with E-state index < -0.39 is 21.3 Å². The van der Waals surface area contributed by atoms with Crippen molar-refractivity contribution in [2.75, 3.05) is 10.7 Å². The van der Waals surface area contributed by atoms with Crippen LogP contribution < -0.4 is 14.9 Å². The van der Waals surface area contributed by atoms with Gasteiger partial charge in [0, 0.05) is 47.3 Å². The van der Waals surface area contributed by atoms with Crippen molar-refractivity contribution in [3.05, 3.63) is 63.3 Å². The van der Waals surface area contributed by atoms with Gasteiger partial charge in [-0.05, 0) is 74.3 Å². The molecule has 1 aliphatic carbocycles. The number of thiazole rings is 1. The summed E-state index contributed by atoms with van der Waals surface area (Å²) in [5.74, 6) is 0.582. The van der Waals surface area contributed by atoms with Gasteiger partial charge in [-0.2, -0.15) is 0 Å². The van der Waals surface area contributed by atoms with Gasteiger partial charge in [-0.25, -0.2) is 18.1 Å². The average Bonchev–Trinajstić information content (AvgIpc) is 3.49. The standard InChI is InChI=1S/C33H37Cl2N5O4S2/c1-33(2,3)17-46(42,43)39-31(41)19-9-12-26-27(13-19)45-32(37-26)40-21-10-11-22(40)15-20(14-21)36-16-23-29(38-44-30(23)18-7-8-18)28-24(34)5-4-6-25(28)35/h4-6,9,12-13,18,20-22,36H,7-8,10-11,14-17H2,1-3H3,(H,39,41). The highest BCUT2D eigenvalue weighted by atomic mass is 35.5. The molecule has 7 rings (SSSR count). The predicted octanol–water partition coefficient (Wildman–Crippen LogP) is 7.53. The van der Waals surface area contributed by atoms with Crippen LogP contribution in [0.25, 0.3) is 21.5 Å². The monoisotopic (exact) mass is 701 g/mol. The number of carbonyl (C=O) groups is 1. The molecule has 2 N–H and O–H groups in total. The summed E-state index contributed by atoms with van der Waals surface area (Å²) < 4.78 is 34.0. The number of rotatable bonds is 9. The molecule has 4 heterocycles. The molecule has 2 atom stereocenters. The van der Waals surface area contributed by atoms with Crippen molar-refractivity contribution < 1.29 is 17.7 Å². The lowest BCUT2D eigenvalue weighted by atomic mass is 9.97. The Morgan fingerprint density at radius 2 is 1.76 bits per heavy atom. The molecule has 2 unspecified atom stereocenters. The minimum absolute atomic E-state index is 0.135. The van der Waals surface area contributed by atoms with Crippen LogP contribution in [0.1, 0.15) is 86.9 Å². The molecule has 0 spiro atoms. The van der Waals surface area contributed by atoms with Crippen molar-refractivity contribution >= 4 is 65.8 Å². The third-order valence-corrected chi connectivity index (χ3v) is 12.4. The molecule has 2 aromatic carbocycles. The summed E-state index contributed by atoms with van der Waals surface area (Å²) in [5, 5.41) is 10.3. The smallest absolute Gasteiger partial charge is 0.264 e. The molecule has 46 heavy (non-hydrogen) atoms. The first-order chi connectivity index (χ1) is 21.8. The second-order valence-electron chi connectivity index (χ2n) is 14.0. The summed E-state index contributed by atoms with van der Waals surface area (Å²) in [4.78, 5) is 20.2. The van der Waals surface area contributed by atoms with E-state index in [0.29, 0.717) is 46.2 Å². The zero-order chi connectivity index (χ0) is 32.4. The molecule has 2 aliphatic heterocycles. The Balaban J connectivity index is 1.05. The van der Waals surface area contributed by atoms with E-state index in [1.165, 1.54) is 0 Å². The number of carbonyl (C=O) groups excluding carboxylic acids is 1. The molecule has 4 aromatic rings. The average molecular weight is 703 g/mol. The van der Waals surface area contributed by atoms with Gasteiger partial charge in [-0.15, -0.1) is 0 Å². The van der Waals surface area contributed by atoms with E-state index in [9.17, 15) is 13.2 Å². The second kappa shape index (κ2) is 12.1. The van der Waals surface area contributed by atoms with Gasteiger partial charge >= 0.3 is 0 Å². The Bertz CT molecular complexity index is 1880. The number of fused-ring (bicyclic) bond motifs is 3. The van der Waals surface area contributed by atoms with Gasteiger partial charge < -0.3 is 14.7 Å². The topological polar surface area (TPSA) is 117 Å². The fraction of sp³-hybridized carbons (Fsp3) is 0.485. The van der Waals surface area contributed by atoms with Gasteiger partial charge in [-0.3, -0.25) is 4.79 Å². The Morgan fingerprint density at radius 3 is 2.41 bits per heavy atom. The minimum Gasteiger partial charge on any atom is -0.360 e. The molecule has 3 fully saturated rings. The summed E-state index contributed by atoms with van der Waals surface area (Å²) in [5.41, 5.74) is 3.14. The van der Waals surface area contributed by atoms with E-state index in [1.54, 1.807) is 29.5 Å². The maximum Gasteiger partial charge on any atom is 0.264 e. The van der Waals surface area contributed by atoms with Gasteiger partial charge in [0.05, 0.1) is 26.0 Å². The van der Waals surface area contributed by atoms with Crippen molar-refractivity contribution in [2.45, 2.75) is 89.9 Å². The number of sulfonamides is 1. The number of aromatic nitrogens is 2. The molecule has 9 nitrogen and oxygen atoms in total. The highest BCUT2D eigenvalue weighted by Crippen LogP contribution is 2.46. The minimum atomic E-state index is -3.75. The van der Waals surface area contributed by atoms with Crippen LogP contribution in [0.15, 0.2) is 40.9 Å². The molecule has 244 valence electrons. The Hall–Kier alpha value is -2.70. The predicted molar refractivity (Wildman–Crippen MR) is 183 cm³/mol. The normalized spacial score (nSPS) is 21.7. The number of halogens is 2. The van der Waals surface area contributed by atoms with Crippen LogP contribution in [0, 0.1) is 5.41 Å². The third kappa shape index (κ3) is 6.54. The van der Waals surface area contributed by atoms with E-state index in [-0.39, 0.29) is 5.75 Å². The van der Waals surface area contributed by atoms with Crippen molar-refractivity contribution in [3.63, 3.8) is 0 Å². The Labute approximate surface area is 283 Å². The summed E-state index contributed by atoms with van der Waals surface area (Å²) in [6.07, 6.45) is 6.37. The van der Waals surface area contributed by atoms with E-state index in [1.807, 2.05) is 39.0 Å². The highest BCUT2D eigenvalue weighted by Gasteiger charge is 2.42. The zero-order valence-electron chi connectivity index (χ0n) is 26.0. The molecule has 13 heteroatoms. The lowest BCUT2D eigenvalue weighted by Crippen LogP contribution is -2.49. The number of anilines is 1. The number of benzene rings is 2. The van der Waals surface area contributed by atoms with Crippen LogP contribution in [0.4, 0.5) is 5.13 Å². The van der Waals surface area contributed by atoms with Crippen molar-refractivity contribution in [1.82, 2.24) is 20.2 Å². The van der Waals surface area contributed by atoms with Crippen molar-refractivity contribution in [2.24, 2.45) is 5.41 Å². The van der Waals surface area contributed by atoms with Gasteiger partial charge in [0.1, 0.15) is 11.5 Å². The van der Waals surface area contributed by atoms with E-state index >= 15 is 0 Å². The first-order valence-corrected chi connectivity index (χ1v) is 19.0. The lowest BCUT2D eigenvalue weighted by molar-refractivity contribution is 0.0981. The van der Waals surface area contributed by atoms with Crippen molar-refractivity contribution in [1.29, 1.82) is 0 Å². The molecule has 0 radical (unpaired) electrons. The SMILES string of the molecule is CC(C)(C)CS(=O)(=O)NC(=O)c1ccc2nc(N3C4CCC3CC(NCc3c(-c5c(Cl)cccc5Cl)noc3C3CC3)C4)sc2c1. The highest BCUT2D eigenvalue weighted by molar-refractivity contribution is 7.90. The van der Waals surface area contributed by atoms with Crippen LogP contribution in [0.3, 0.4) is 0 Å². The van der Waals surface area contributed by atoms with Crippen LogP contribution >= 0.6 is 34.5 Å². The fourth-order valence-corrected chi connectivity index (χ4v) is 10.3. The van der Waals surface area contributed by atoms with Crippen LogP contribution in [-0.4, -0.2) is 48.3 Å². The van der Waals surface area contributed by atoms with Gasteiger partial charge in [-0.1, -0.05) is 66.5 Å². The van der Waals surface area contributed by atoms with Crippen LogP contribution in [0.2, 0.25) is 10.0 Å². The molecule has 1 saturated carbocycles. The summed E-state index contributed by atoms with van der Waals surface area (Å²) in [7, 11) is -3.75. The molecule has 1 amide bonds. The molecule has 2 saturated heterocycles. The second-order valence-corrected chi connectivity index (χ2v) is 17.6. The largest absolute Gasteiger partial charge is 0.360 e. The third-order valence-electron chi connectivity index (χ3n) is 9.00. The van der Waals surface area contributed by atoms with E-state index in [2.05, 4.69) is 20.1 Å². The maximum absolute atomic E-state index is 12.8. The van der Waals surface area contributed by atoms with E-state index in [0.717, 1.165) is 76.5 Å². The molecule has 2 bridgehead atoms. The maximum atomic E-state index is 12.8. The number of hydrogen-bond donors (Lipinski definition) is 2. The van der Waals surface area contributed by atoms with Gasteiger partial charge in [0.15, 0.2) is 5.13 Å². The number of nitrogens with zero attached hydrogens (tertiary/aromatic N) is 3. The first kappa shape index (κ1) is 31.9. The van der Waals surface area contributed by atoms with Gasteiger partial charge in [0.2, 0.25) is 10.0 Å². The Morgan fingerprint density at radius 1 is 1.07 bits per heavy atom. The van der Waals surface area contributed by atoms with Crippen LogP contribution in [-0.2, 0) is 16.6 Å². The lowest BCUT2D eigenvalue weighted by Gasteiger charge is -2.39. The van der Waals surface area contributed by atoms with Gasteiger partial charge in [0.25, 0.3) is 5.91 Å². The Kier molecular flexibility index (Phi) is 8.37. The molecular formula is C33H37Cl2N5O4S2. The van der Waals surface area contributed by atoms with Crippen molar-refractivity contribution in [3.8, 4) is 11.3 Å². The zero-order valence-corrected chi connectivity index (χ0v) is 29.1. The number of amides is 1.